The van der Waals surface area contributed by atoms with E-state index in [-0.39, 0.29) is 24.0 Å². The summed E-state index contributed by atoms with van der Waals surface area (Å²) in [5, 5.41) is 21.1. The average molecular weight is 279 g/mol. The van der Waals surface area contributed by atoms with Crippen molar-refractivity contribution in [3.63, 3.8) is 0 Å². The van der Waals surface area contributed by atoms with Gasteiger partial charge in [-0.2, -0.15) is 0 Å². The van der Waals surface area contributed by atoms with Gasteiger partial charge in [-0.3, -0.25) is 10.1 Å². The molecule has 100 valence electrons. The molecule has 2 rings (SSSR count). The fraction of sp³-hybridized carbons (Fsp3) is 0.250. The molecule has 0 unspecified atom stereocenters. The van der Waals surface area contributed by atoms with E-state index in [2.05, 4.69) is 15.5 Å². The minimum atomic E-state index is -0.345. The largest absolute Gasteiger partial charge is 0.504 e. The number of benzene rings is 1. The van der Waals surface area contributed by atoms with Gasteiger partial charge in [0.25, 0.3) is 5.91 Å². The van der Waals surface area contributed by atoms with Crippen molar-refractivity contribution in [1.82, 2.24) is 10.2 Å². The van der Waals surface area contributed by atoms with Crippen molar-refractivity contribution in [2.45, 2.75) is 13.3 Å². The van der Waals surface area contributed by atoms with Gasteiger partial charge in [0.15, 0.2) is 18.1 Å². The maximum atomic E-state index is 11.6. The van der Waals surface area contributed by atoms with Gasteiger partial charge < -0.3 is 9.84 Å². The normalized spacial score (nSPS) is 10.2. The van der Waals surface area contributed by atoms with Gasteiger partial charge in [-0.15, -0.1) is 10.2 Å². The zero-order valence-electron chi connectivity index (χ0n) is 10.3. The van der Waals surface area contributed by atoms with Crippen molar-refractivity contribution in [2.75, 3.05) is 11.9 Å². The topological polar surface area (TPSA) is 84.3 Å². The summed E-state index contributed by atoms with van der Waals surface area (Å²) in [6, 6.07) is 6.47. The zero-order valence-corrected chi connectivity index (χ0v) is 11.1. The van der Waals surface area contributed by atoms with Crippen LogP contribution in [0.2, 0.25) is 0 Å². The number of aromatic hydroxyl groups is 1. The molecule has 0 bridgehead atoms. The molecule has 2 N–H and O–H groups in total. The van der Waals surface area contributed by atoms with Gasteiger partial charge in [-0.25, -0.2) is 0 Å². The number of nitrogens with one attached hydrogen (secondary N) is 1. The number of carbonyl (C=O) groups excluding carboxylic acids is 1. The van der Waals surface area contributed by atoms with Crippen molar-refractivity contribution in [1.29, 1.82) is 0 Å². The van der Waals surface area contributed by atoms with E-state index in [1.807, 2.05) is 6.92 Å². The smallest absolute Gasteiger partial charge is 0.264 e. The van der Waals surface area contributed by atoms with Crippen LogP contribution in [0.4, 0.5) is 5.13 Å². The Labute approximate surface area is 114 Å². The van der Waals surface area contributed by atoms with Crippen LogP contribution in [0.15, 0.2) is 24.3 Å². The third kappa shape index (κ3) is 3.65. The number of aryl methyl sites for hydroxylation is 1. The predicted molar refractivity (Wildman–Crippen MR) is 71.5 cm³/mol. The predicted octanol–water partition coefficient (Wildman–Crippen LogP) is 1.82. The number of rotatable bonds is 5. The first-order valence-electron chi connectivity index (χ1n) is 5.72. The molecule has 0 radical (unpaired) electrons. The van der Waals surface area contributed by atoms with Gasteiger partial charge in [0.1, 0.15) is 5.01 Å². The fourth-order valence-corrected chi connectivity index (χ4v) is 2.02. The van der Waals surface area contributed by atoms with Crippen LogP contribution < -0.4 is 10.1 Å². The maximum Gasteiger partial charge on any atom is 0.264 e. The number of anilines is 1. The van der Waals surface area contributed by atoms with Crippen LogP contribution in [0.3, 0.4) is 0 Å². The highest BCUT2D eigenvalue weighted by Crippen LogP contribution is 2.24. The molecule has 0 aliphatic heterocycles. The lowest BCUT2D eigenvalue weighted by atomic mass is 10.3. The maximum absolute atomic E-state index is 11.6. The summed E-state index contributed by atoms with van der Waals surface area (Å²) in [7, 11) is 0. The van der Waals surface area contributed by atoms with E-state index in [1.165, 1.54) is 17.4 Å². The number of ether oxygens (including phenoxy) is 1. The molecule has 1 amide bonds. The fourth-order valence-electron chi connectivity index (χ4n) is 1.32. The second-order valence-electron chi connectivity index (χ2n) is 3.66. The molecule has 7 heteroatoms. The molecule has 2 aromatic rings. The Bertz CT molecular complexity index is 571. The van der Waals surface area contributed by atoms with Gasteiger partial charge in [-0.05, 0) is 18.6 Å². The lowest BCUT2D eigenvalue weighted by Crippen LogP contribution is -2.20. The number of phenolic OH excluding ortho intramolecular Hbond substituents is 1. The van der Waals surface area contributed by atoms with Gasteiger partial charge in [0.2, 0.25) is 5.13 Å². The standard InChI is InChI=1S/C12H13N3O3S/c1-2-11-14-15-12(19-11)13-10(17)7-18-9-6-4-3-5-8(9)16/h3-6,16H,2,7H2,1H3,(H,13,15,17). The molecule has 6 nitrogen and oxygen atoms in total. The summed E-state index contributed by atoms with van der Waals surface area (Å²) in [6.45, 7) is 1.77. The number of para-hydroxylation sites is 2. The molecule has 1 aromatic heterocycles. The van der Waals surface area contributed by atoms with Crippen molar-refractivity contribution in [3.05, 3.63) is 29.3 Å². The molecule has 0 fully saturated rings. The van der Waals surface area contributed by atoms with Crippen LogP contribution in [0.1, 0.15) is 11.9 Å². The monoisotopic (exact) mass is 279 g/mol. The molecule has 0 saturated carbocycles. The number of phenols is 1. The van der Waals surface area contributed by atoms with Crippen molar-refractivity contribution in [3.8, 4) is 11.5 Å². The Kier molecular flexibility index (Phi) is 4.30. The van der Waals surface area contributed by atoms with Crippen molar-refractivity contribution >= 4 is 22.4 Å². The third-order valence-corrected chi connectivity index (χ3v) is 3.22. The number of carbonyl (C=O) groups is 1. The molecule has 0 atom stereocenters. The van der Waals surface area contributed by atoms with E-state index in [4.69, 9.17) is 4.74 Å². The Morgan fingerprint density at radius 2 is 2.21 bits per heavy atom. The quantitative estimate of drug-likeness (QED) is 0.872. The third-order valence-electron chi connectivity index (χ3n) is 2.24. The minimum Gasteiger partial charge on any atom is -0.504 e. The van der Waals surface area contributed by atoms with Crippen LogP contribution in [0, 0.1) is 0 Å². The first-order valence-corrected chi connectivity index (χ1v) is 6.53. The molecular formula is C12H13N3O3S. The first kappa shape index (κ1) is 13.3. The van der Waals surface area contributed by atoms with E-state index in [1.54, 1.807) is 18.2 Å². The molecule has 1 aromatic carbocycles. The second kappa shape index (κ2) is 6.14. The minimum absolute atomic E-state index is 0.000477. The molecule has 0 aliphatic rings. The first-order chi connectivity index (χ1) is 9.19. The number of amides is 1. The van der Waals surface area contributed by atoms with Gasteiger partial charge in [-0.1, -0.05) is 30.4 Å². The molecule has 0 aliphatic carbocycles. The Balaban J connectivity index is 1.86. The summed E-state index contributed by atoms with van der Waals surface area (Å²) in [6.07, 6.45) is 0.780. The summed E-state index contributed by atoms with van der Waals surface area (Å²) in [5.74, 6) is -0.0781. The second-order valence-corrected chi connectivity index (χ2v) is 4.72. The zero-order chi connectivity index (χ0) is 13.7. The molecule has 1 heterocycles. The number of hydrogen-bond acceptors (Lipinski definition) is 6. The number of nitrogens with zero attached hydrogens (tertiary/aromatic N) is 2. The lowest BCUT2D eigenvalue weighted by molar-refractivity contribution is -0.118. The Morgan fingerprint density at radius 3 is 2.89 bits per heavy atom. The molecule has 0 saturated heterocycles. The van der Waals surface area contributed by atoms with E-state index >= 15 is 0 Å². The van der Waals surface area contributed by atoms with Crippen LogP contribution >= 0.6 is 11.3 Å². The van der Waals surface area contributed by atoms with Gasteiger partial charge >= 0.3 is 0 Å². The highest BCUT2D eigenvalue weighted by Gasteiger charge is 2.09. The summed E-state index contributed by atoms with van der Waals surface area (Å²) < 4.78 is 5.20. The van der Waals surface area contributed by atoms with E-state index in [9.17, 15) is 9.90 Å². The number of hydrogen-bond donors (Lipinski definition) is 2. The van der Waals surface area contributed by atoms with Crippen LogP contribution in [0.25, 0.3) is 0 Å². The lowest BCUT2D eigenvalue weighted by Gasteiger charge is -2.06. The SMILES string of the molecule is CCc1nnc(NC(=O)COc2ccccc2O)s1. The highest BCUT2D eigenvalue weighted by molar-refractivity contribution is 7.15. The van der Waals surface area contributed by atoms with E-state index < -0.39 is 0 Å². The van der Waals surface area contributed by atoms with Gasteiger partial charge in [0.05, 0.1) is 0 Å². The summed E-state index contributed by atoms with van der Waals surface area (Å²) >= 11 is 1.33. The molecule has 19 heavy (non-hydrogen) atoms. The number of aromatic nitrogens is 2. The van der Waals surface area contributed by atoms with Crippen molar-refractivity contribution in [2.24, 2.45) is 0 Å². The van der Waals surface area contributed by atoms with E-state index in [0.717, 1.165) is 11.4 Å². The van der Waals surface area contributed by atoms with Crippen LogP contribution in [0.5, 0.6) is 11.5 Å². The Morgan fingerprint density at radius 1 is 1.42 bits per heavy atom. The van der Waals surface area contributed by atoms with Crippen LogP contribution in [-0.4, -0.2) is 27.8 Å². The molecular weight excluding hydrogens is 266 g/mol. The van der Waals surface area contributed by atoms with Gasteiger partial charge in [0, 0.05) is 0 Å². The van der Waals surface area contributed by atoms with Crippen LogP contribution in [-0.2, 0) is 11.2 Å². The summed E-state index contributed by atoms with van der Waals surface area (Å²) in [5.41, 5.74) is 0. The van der Waals surface area contributed by atoms with Crippen molar-refractivity contribution < 1.29 is 14.6 Å². The average Bonchev–Trinajstić information content (AvgIpc) is 2.85. The Hall–Kier alpha value is -2.15. The molecule has 0 spiro atoms. The van der Waals surface area contributed by atoms with E-state index in [0.29, 0.717) is 5.13 Å². The highest BCUT2D eigenvalue weighted by atomic mass is 32.1. The summed E-state index contributed by atoms with van der Waals surface area (Å²) in [4.78, 5) is 11.6.